The van der Waals surface area contributed by atoms with E-state index >= 15 is 0 Å². The number of anilines is 1. The lowest BCUT2D eigenvalue weighted by Crippen LogP contribution is -2.42. The van der Waals surface area contributed by atoms with Gasteiger partial charge in [0.1, 0.15) is 6.04 Å². The summed E-state index contributed by atoms with van der Waals surface area (Å²) in [6, 6.07) is 1.98. The van der Waals surface area contributed by atoms with Crippen LogP contribution >= 0.6 is 0 Å². The van der Waals surface area contributed by atoms with Gasteiger partial charge in [0.25, 0.3) is 0 Å². The van der Waals surface area contributed by atoms with Crippen molar-refractivity contribution in [1.82, 2.24) is 0 Å². The molecule has 0 bridgehead atoms. The van der Waals surface area contributed by atoms with Gasteiger partial charge < -0.3 is 5.11 Å². The number of rotatable bonds is 4. The van der Waals surface area contributed by atoms with E-state index in [0.717, 1.165) is 31.4 Å². The maximum absolute atomic E-state index is 12.6. The Hall–Kier alpha value is -1.77. The average molecular weight is 311 g/mol. The number of carboxylic acids is 1. The van der Waals surface area contributed by atoms with E-state index in [0.29, 0.717) is 10.4 Å². The van der Waals surface area contributed by atoms with Gasteiger partial charge in [0.15, 0.2) is 0 Å². The molecule has 0 heterocycles. The van der Waals surface area contributed by atoms with Gasteiger partial charge >= 0.3 is 12.1 Å². The first-order chi connectivity index (χ1) is 8.94. The number of carboxylic acid groups (broad SMARTS) is 1. The lowest BCUT2D eigenvalue weighted by atomic mass is 10.2. The van der Waals surface area contributed by atoms with Crippen molar-refractivity contribution < 1.29 is 31.5 Å². The zero-order valence-electron chi connectivity index (χ0n) is 10.5. The highest BCUT2D eigenvalue weighted by Crippen LogP contribution is 2.32. The second-order valence-electron chi connectivity index (χ2n) is 4.12. The highest BCUT2D eigenvalue weighted by Gasteiger charge is 2.33. The van der Waals surface area contributed by atoms with Crippen LogP contribution in [0.5, 0.6) is 0 Å². The lowest BCUT2D eigenvalue weighted by molar-refractivity contribution is -0.138. The molecule has 9 heteroatoms. The summed E-state index contributed by atoms with van der Waals surface area (Å²) in [6.07, 6.45) is -3.92. The third-order valence-corrected chi connectivity index (χ3v) is 3.74. The maximum Gasteiger partial charge on any atom is 0.416 e. The molecule has 1 aromatic carbocycles. The van der Waals surface area contributed by atoms with Crippen LogP contribution in [0.1, 0.15) is 12.5 Å². The second kappa shape index (κ2) is 5.31. The fourth-order valence-corrected chi connectivity index (χ4v) is 2.78. The number of carbonyl (C=O) groups is 1. The van der Waals surface area contributed by atoms with E-state index < -0.39 is 33.8 Å². The fraction of sp³-hybridized carbons (Fsp3) is 0.364. The molecule has 0 saturated heterocycles. The Bertz CT molecular complexity index is 612. The average Bonchev–Trinajstić information content (AvgIpc) is 2.26. The SMILES string of the molecule is C[C@H](C(=O)O)N(c1cccc(C(F)(F)F)c1)S(C)(=O)=O. The molecule has 0 aliphatic heterocycles. The minimum atomic E-state index is -4.65. The minimum Gasteiger partial charge on any atom is -0.480 e. The first-order valence-electron chi connectivity index (χ1n) is 5.34. The van der Waals surface area contributed by atoms with Crippen molar-refractivity contribution >= 4 is 21.7 Å². The molecule has 0 aliphatic carbocycles. The molecule has 0 spiro atoms. The van der Waals surface area contributed by atoms with Gasteiger partial charge in [-0.25, -0.2) is 13.2 Å². The van der Waals surface area contributed by atoms with E-state index in [2.05, 4.69) is 0 Å². The zero-order chi connectivity index (χ0) is 15.7. The number of hydrogen-bond acceptors (Lipinski definition) is 3. The normalized spacial score (nSPS) is 13.8. The van der Waals surface area contributed by atoms with Gasteiger partial charge in [-0.05, 0) is 25.1 Å². The van der Waals surface area contributed by atoms with Crippen LogP contribution in [0.3, 0.4) is 0 Å². The largest absolute Gasteiger partial charge is 0.480 e. The third kappa shape index (κ3) is 3.62. The molecule has 0 amide bonds. The summed E-state index contributed by atoms with van der Waals surface area (Å²) in [5.74, 6) is -1.46. The summed E-state index contributed by atoms with van der Waals surface area (Å²) in [4.78, 5) is 10.9. The Morgan fingerprint density at radius 1 is 1.35 bits per heavy atom. The molecule has 0 aromatic heterocycles. The number of nitrogens with zero attached hydrogens (tertiary/aromatic N) is 1. The molecule has 5 nitrogen and oxygen atoms in total. The molecule has 1 atom stereocenters. The quantitative estimate of drug-likeness (QED) is 0.922. The molecule has 0 aliphatic rings. The summed E-state index contributed by atoms with van der Waals surface area (Å²) in [5, 5.41) is 8.88. The van der Waals surface area contributed by atoms with Crippen molar-refractivity contribution in [3.05, 3.63) is 29.8 Å². The molecule has 0 fully saturated rings. The third-order valence-electron chi connectivity index (χ3n) is 2.49. The second-order valence-corrected chi connectivity index (χ2v) is 5.98. The van der Waals surface area contributed by atoms with Crippen molar-refractivity contribution in [2.24, 2.45) is 0 Å². The van der Waals surface area contributed by atoms with Gasteiger partial charge in [-0.2, -0.15) is 13.2 Å². The molecular weight excluding hydrogens is 299 g/mol. The van der Waals surface area contributed by atoms with Gasteiger partial charge in [-0.3, -0.25) is 4.31 Å². The molecule has 1 aromatic rings. The standard InChI is InChI=1S/C11H12F3NO4S/c1-7(10(16)17)15(20(2,18)19)9-5-3-4-8(6-9)11(12,13)14/h3-7H,1-2H3,(H,16,17)/t7-/m1/s1. The topological polar surface area (TPSA) is 74.7 Å². The smallest absolute Gasteiger partial charge is 0.416 e. The van der Waals surface area contributed by atoms with Crippen LogP contribution in [-0.4, -0.2) is 31.8 Å². The molecule has 0 radical (unpaired) electrons. The predicted octanol–water partition coefficient (Wildman–Crippen LogP) is 1.94. The van der Waals surface area contributed by atoms with Gasteiger partial charge in [0, 0.05) is 0 Å². The van der Waals surface area contributed by atoms with Crippen molar-refractivity contribution in [3.63, 3.8) is 0 Å². The lowest BCUT2D eigenvalue weighted by Gasteiger charge is -2.26. The Morgan fingerprint density at radius 2 is 1.90 bits per heavy atom. The minimum absolute atomic E-state index is 0.350. The number of halogens is 3. The summed E-state index contributed by atoms with van der Waals surface area (Å²) < 4.78 is 61.5. The number of aliphatic carboxylic acids is 1. The molecule has 0 unspecified atom stereocenters. The van der Waals surface area contributed by atoms with E-state index in [1.54, 1.807) is 0 Å². The number of benzene rings is 1. The first-order valence-corrected chi connectivity index (χ1v) is 7.19. The van der Waals surface area contributed by atoms with E-state index in [9.17, 15) is 26.4 Å². The van der Waals surface area contributed by atoms with Crippen LogP contribution in [0.25, 0.3) is 0 Å². The monoisotopic (exact) mass is 311 g/mol. The highest BCUT2D eigenvalue weighted by molar-refractivity contribution is 7.92. The van der Waals surface area contributed by atoms with Crippen molar-refractivity contribution in [2.75, 3.05) is 10.6 Å². The Morgan fingerprint density at radius 3 is 2.30 bits per heavy atom. The van der Waals surface area contributed by atoms with E-state index in [1.807, 2.05) is 0 Å². The van der Waals surface area contributed by atoms with Gasteiger partial charge in [0.2, 0.25) is 10.0 Å². The predicted molar refractivity (Wildman–Crippen MR) is 65.9 cm³/mol. The first kappa shape index (κ1) is 16.3. The fourth-order valence-electron chi connectivity index (χ4n) is 1.62. The van der Waals surface area contributed by atoms with E-state index in [1.165, 1.54) is 0 Å². The van der Waals surface area contributed by atoms with E-state index in [-0.39, 0.29) is 5.69 Å². The van der Waals surface area contributed by atoms with Gasteiger partial charge in [-0.15, -0.1) is 0 Å². The number of alkyl halides is 3. The van der Waals surface area contributed by atoms with Gasteiger partial charge in [-0.1, -0.05) is 6.07 Å². The van der Waals surface area contributed by atoms with E-state index in [4.69, 9.17) is 5.11 Å². The molecule has 1 N–H and O–H groups in total. The highest BCUT2D eigenvalue weighted by atomic mass is 32.2. The van der Waals surface area contributed by atoms with Crippen molar-refractivity contribution in [3.8, 4) is 0 Å². The molecule has 20 heavy (non-hydrogen) atoms. The Labute approximate surface area is 113 Å². The zero-order valence-corrected chi connectivity index (χ0v) is 11.4. The number of sulfonamides is 1. The Kier molecular flexibility index (Phi) is 4.33. The van der Waals surface area contributed by atoms with Crippen LogP contribution < -0.4 is 4.31 Å². The summed E-state index contributed by atoms with van der Waals surface area (Å²) in [6.45, 7) is 1.07. The molecular formula is C11H12F3NO4S. The maximum atomic E-state index is 12.6. The summed E-state index contributed by atoms with van der Waals surface area (Å²) >= 11 is 0. The van der Waals surface area contributed by atoms with Gasteiger partial charge in [0.05, 0.1) is 17.5 Å². The van der Waals surface area contributed by atoms with Crippen molar-refractivity contribution in [1.29, 1.82) is 0 Å². The van der Waals surface area contributed by atoms with Crippen LogP contribution in [0.4, 0.5) is 18.9 Å². The number of hydrogen-bond donors (Lipinski definition) is 1. The van der Waals surface area contributed by atoms with Crippen LogP contribution in [0, 0.1) is 0 Å². The van der Waals surface area contributed by atoms with Crippen molar-refractivity contribution in [2.45, 2.75) is 19.1 Å². The van der Waals surface area contributed by atoms with Crippen LogP contribution in [-0.2, 0) is 21.0 Å². The molecule has 112 valence electrons. The summed E-state index contributed by atoms with van der Waals surface area (Å²) in [7, 11) is -4.04. The summed E-state index contributed by atoms with van der Waals surface area (Å²) in [5.41, 5.74) is -1.40. The molecule has 0 saturated carbocycles. The Balaban J connectivity index is 3.40. The molecule has 1 rings (SSSR count). The van der Waals surface area contributed by atoms with Crippen LogP contribution in [0.2, 0.25) is 0 Å². The van der Waals surface area contributed by atoms with Crippen LogP contribution in [0.15, 0.2) is 24.3 Å².